The maximum Gasteiger partial charge on any atom is 0.341 e. The number of hydrogen-bond donors (Lipinski definition) is 1. The number of nitrogens with zero attached hydrogens (tertiary/aromatic N) is 1. The van der Waals surface area contributed by atoms with Gasteiger partial charge < -0.3 is 28.4 Å². The zero-order valence-electron chi connectivity index (χ0n) is 24.3. The lowest BCUT2D eigenvalue weighted by atomic mass is 10.1. The molecule has 1 N–H and O–H groups in total. The number of nitrogens with one attached hydrogen (secondary N) is 1. The molecule has 0 saturated carbocycles. The van der Waals surface area contributed by atoms with Crippen LogP contribution in [0.15, 0.2) is 53.7 Å². The molecule has 226 valence electrons. The van der Waals surface area contributed by atoms with Gasteiger partial charge in [0.2, 0.25) is 0 Å². The molecule has 4 rings (SSSR count). The molecule has 42 heavy (non-hydrogen) atoms. The molecule has 1 unspecified atom stereocenters. The fraction of sp³-hybridized carbons (Fsp3) is 0.400. The molecule has 1 atom stereocenters. The van der Waals surface area contributed by atoms with Crippen LogP contribution < -0.4 is 23.7 Å². The minimum atomic E-state index is -4.33. The lowest BCUT2D eigenvalue weighted by Gasteiger charge is -2.27. The molecule has 0 spiro atoms. The topological polar surface area (TPSA) is 132 Å². The van der Waals surface area contributed by atoms with Crippen molar-refractivity contribution >= 4 is 21.7 Å². The number of para-hydroxylation sites is 2. The third kappa shape index (κ3) is 7.05. The Hall–Kier alpha value is -4.03. The number of hydrogen-bond acceptors (Lipinski definition) is 10. The van der Waals surface area contributed by atoms with E-state index in [1.165, 1.54) is 32.5 Å². The van der Waals surface area contributed by atoms with E-state index < -0.39 is 22.3 Å². The summed E-state index contributed by atoms with van der Waals surface area (Å²) in [5, 5.41) is -0.239. The van der Waals surface area contributed by atoms with E-state index in [-0.39, 0.29) is 51.8 Å². The summed E-state index contributed by atoms with van der Waals surface area (Å²) in [6.45, 7) is 6.34. The second kappa shape index (κ2) is 13.8. The van der Waals surface area contributed by atoms with Crippen molar-refractivity contribution in [2.75, 3.05) is 32.2 Å². The van der Waals surface area contributed by atoms with Crippen molar-refractivity contribution < 1.29 is 41.6 Å². The van der Waals surface area contributed by atoms with E-state index in [9.17, 15) is 13.2 Å². The highest BCUT2D eigenvalue weighted by Gasteiger charge is 2.32. The third-order valence-electron chi connectivity index (χ3n) is 6.51. The first-order valence-electron chi connectivity index (χ1n) is 13.7. The van der Waals surface area contributed by atoms with Crippen molar-refractivity contribution in [1.82, 2.24) is 4.98 Å². The van der Waals surface area contributed by atoms with Gasteiger partial charge in [0.15, 0.2) is 40.1 Å². The summed E-state index contributed by atoms with van der Waals surface area (Å²) in [6, 6.07) is 11.3. The fourth-order valence-corrected chi connectivity index (χ4v) is 5.29. The van der Waals surface area contributed by atoms with Crippen molar-refractivity contribution in [2.24, 2.45) is 0 Å². The maximum absolute atomic E-state index is 13.8. The van der Waals surface area contributed by atoms with Crippen LogP contribution >= 0.6 is 0 Å². The van der Waals surface area contributed by atoms with Crippen LogP contribution in [0, 0.1) is 0 Å². The lowest BCUT2D eigenvalue weighted by Crippen LogP contribution is -2.27. The molecule has 1 aliphatic rings. The molecule has 11 nitrogen and oxygen atoms in total. The van der Waals surface area contributed by atoms with Crippen molar-refractivity contribution in [2.45, 2.75) is 57.3 Å². The van der Waals surface area contributed by atoms with Gasteiger partial charge >= 0.3 is 5.97 Å². The lowest BCUT2D eigenvalue weighted by molar-refractivity contribution is -0.105. The smallest absolute Gasteiger partial charge is 0.341 e. The normalized spacial score (nSPS) is 15.1. The van der Waals surface area contributed by atoms with Gasteiger partial charge in [-0.25, -0.2) is 9.78 Å². The zero-order chi connectivity index (χ0) is 30.3. The highest BCUT2D eigenvalue weighted by atomic mass is 32.2. The van der Waals surface area contributed by atoms with E-state index in [2.05, 4.69) is 9.71 Å². The van der Waals surface area contributed by atoms with Crippen LogP contribution in [-0.4, -0.2) is 53.1 Å². The van der Waals surface area contributed by atoms with Crippen molar-refractivity contribution in [3.05, 3.63) is 59.8 Å². The molecule has 0 amide bonds. The first-order valence-corrected chi connectivity index (χ1v) is 15.2. The Balaban J connectivity index is 1.95. The largest absolute Gasteiger partial charge is 0.493 e. The van der Waals surface area contributed by atoms with Gasteiger partial charge in [0, 0.05) is 18.7 Å². The van der Waals surface area contributed by atoms with E-state index in [0.717, 1.165) is 18.4 Å². The summed E-state index contributed by atoms with van der Waals surface area (Å²) in [5.41, 5.74) is 0.610. The van der Waals surface area contributed by atoms with Crippen LogP contribution in [-0.2, 0) is 19.5 Å². The molecular formula is C30H36N2O9S. The molecule has 3 aromatic rings. The molecule has 2 heterocycles. The highest BCUT2D eigenvalue weighted by molar-refractivity contribution is 7.92. The van der Waals surface area contributed by atoms with Gasteiger partial charge in [-0.05, 0) is 49.4 Å². The summed E-state index contributed by atoms with van der Waals surface area (Å²) in [6.07, 6.45) is 2.97. The number of esters is 1. The molecule has 12 heteroatoms. The molecule has 0 aliphatic carbocycles. The number of carbonyl (C=O) groups excluding carboxylic acids is 1. The van der Waals surface area contributed by atoms with Gasteiger partial charge in [-0.1, -0.05) is 32.0 Å². The zero-order valence-corrected chi connectivity index (χ0v) is 25.2. The Bertz CT molecular complexity index is 1490. The van der Waals surface area contributed by atoms with Crippen LogP contribution in [0.5, 0.6) is 28.7 Å². The van der Waals surface area contributed by atoms with Gasteiger partial charge in [0.25, 0.3) is 10.0 Å². The van der Waals surface area contributed by atoms with Crippen molar-refractivity contribution in [1.29, 1.82) is 0 Å². The number of methoxy groups -OCH3 is 2. The number of aromatic nitrogens is 1. The quantitative estimate of drug-likeness (QED) is 0.251. The van der Waals surface area contributed by atoms with E-state index in [1.54, 1.807) is 37.3 Å². The van der Waals surface area contributed by atoms with E-state index in [0.29, 0.717) is 18.8 Å². The van der Waals surface area contributed by atoms with E-state index in [4.69, 9.17) is 28.4 Å². The molecule has 1 fully saturated rings. The van der Waals surface area contributed by atoms with Crippen LogP contribution in [0.25, 0.3) is 0 Å². The monoisotopic (exact) mass is 600 g/mol. The second-order valence-corrected chi connectivity index (χ2v) is 11.4. The van der Waals surface area contributed by atoms with E-state index in [1.807, 2.05) is 13.8 Å². The molecule has 0 radical (unpaired) electrons. The van der Waals surface area contributed by atoms with Crippen molar-refractivity contribution in [3.63, 3.8) is 0 Å². The molecule has 0 bridgehead atoms. The average molecular weight is 601 g/mol. The highest BCUT2D eigenvalue weighted by Crippen LogP contribution is 2.50. The van der Waals surface area contributed by atoms with Crippen LogP contribution in [0.1, 0.15) is 61.9 Å². The number of rotatable bonds is 12. The van der Waals surface area contributed by atoms with Crippen LogP contribution in [0.2, 0.25) is 0 Å². The summed E-state index contributed by atoms with van der Waals surface area (Å²) in [4.78, 5) is 17.2. The Kier molecular flexibility index (Phi) is 10.1. The SMILES string of the molecule is CCOc1cc(C(=O)OC)c(OC2CCCCO2)c(NS(=O)(=O)c2ccc(C(C)C)cn2)c1Oc1ccccc1OC. The molecule has 2 aromatic carbocycles. The predicted octanol–water partition coefficient (Wildman–Crippen LogP) is 5.90. The standard InChI is InChI=1S/C30H36N2O9S/c1-6-38-24-17-21(30(33)37-5)28(41-26-13-9-10-16-39-26)27(29(24)40-23-12-8-7-11-22(23)36-4)32-42(34,35)25-15-14-20(18-31-25)19(2)3/h7-8,11-12,14-15,17-19,26,32H,6,9-10,13,16H2,1-5H3. The van der Waals surface area contributed by atoms with Gasteiger partial charge in [-0.15, -0.1) is 0 Å². The number of anilines is 1. The van der Waals surface area contributed by atoms with Crippen LogP contribution in [0.3, 0.4) is 0 Å². The first-order chi connectivity index (χ1) is 20.2. The molecule has 1 saturated heterocycles. The number of ether oxygens (including phenoxy) is 6. The van der Waals surface area contributed by atoms with Gasteiger partial charge in [-0.2, -0.15) is 8.42 Å². The Labute approximate surface area is 246 Å². The van der Waals surface area contributed by atoms with Crippen molar-refractivity contribution in [3.8, 4) is 28.7 Å². The molecule has 1 aliphatic heterocycles. The number of pyridine rings is 1. The minimum Gasteiger partial charge on any atom is -0.493 e. The van der Waals surface area contributed by atoms with Gasteiger partial charge in [-0.3, -0.25) is 4.72 Å². The van der Waals surface area contributed by atoms with E-state index >= 15 is 0 Å². The average Bonchev–Trinajstić information content (AvgIpc) is 3.00. The number of benzene rings is 2. The maximum atomic E-state index is 13.8. The fourth-order valence-electron chi connectivity index (χ4n) is 4.29. The predicted molar refractivity (Wildman–Crippen MR) is 155 cm³/mol. The number of carbonyl (C=O) groups is 1. The Morgan fingerprint density at radius 2 is 1.83 bits per heavy atom. The van der Waals surface area contributed by atoms with Gasteiger partial charge in [0.05, 0.1) is 27.4 Å². The molecule has 1 aromatic heterocycles. The summed E-state index contributed by atoms with van der Waals surface area (Å²) in [7, 11) is -1.63. The summed E-state index contributed by atoms with van der Waals surface area (Å²) < 4.78 is 64.7. The minimum absolute atomic E-state index is 0.0535. The molecular weight excluding hydrogens is 564 g/mol. The number of sulfonamides is 1. The van der Waals surface area contributed by atoms with Gasteiger partial charge in [0.1, 0.15) is 11.3 Å². The third-order valence-corrected chi connectivity index (χ3v) is 7.77. The Morgan fingerprint density at radius 3 is 2.43 bits per heavy atom. The summed E-state index contributed by atoms with van der Waals surface area (Å²) in [5.74, 6) is -0.0796. The van der Waals surface area contributed by atoms with Crippen LogP contribution in [0.4, 0.5) is 5.69 Å². The Morgan fingerprint density at radius 1 is 1.07 bits per heavy atom. The second-order valence-electron chi connectivity index (χ2n) is 9.74. The summed E-state index contributed by atoms with van der Waals surface area (Å²) >= 11 is 0. The first kappa shape index (κ1) is 30.9.